The monoisotopic (exact) mass is 375 g/mol. The Morgan fingerprint density at radius 1 is 1.15 bits per heavy atom. The molecule has 9 heteroatoms. The second-order valence-corrected chi connectivity index (χ2v) is 5.59. The maximum atomic E-state index is 12.6. The molecule has 0 bridgehead atoms. The van der Waals surface area contributed by atoms with E-state index in [4.69, 9.17) is 19.8 Å². The fourth-order valence-corrected chi connectivity index (χ4v) is 2.47. The Bertz CT molecular complexity index is 801. The minimum absolute atomic E-state index is 0.0832. The van der Waals surface area contributed by atoms with Gasteiger partial charge in [0.1, 0.15) is 11.5 Å². The molecule has 0 saturated heterocycles. The van der Waals surface area contributed by atoms with Crippen LogP contribution in [0.2, 0.25) is 0 Å². The normalized spacial score (nSPS) is 11.4. The Labute approximate surface area is 155 Å². The summed E-state index contributed by atoms with van der Waals surface area (Å²) in [4.78, 5) is 23.8. The number of carboxylic acids is 1. The molecule has 9 nitrogen and oxygen atoms in total. The number of carboxylic acid groups (broad SMARTS) is 1. The molecule has 0 heterocycles. The van der Waals surface area contributed by atoms with Crippen molar-refractivity contribution in [3.8, 4) is 11.5 Å². The van der Waals surface area contributed by atoms with Gasteiger partial charge in [-0.15, -0.1) is 0 Å². The van der Waals surface area contributed by atoms with Crippen molar-refractivity contribution >= 4 is 17.6 Å². The van der Waals surface area contributed by atoms with E-state index >= 15 is 0 Å². The maximum Gasteiger partial charge on any atom is 0.305 e. The Morgan fingerprint density at radius 2 is 1.78 bits per heavy atom. The van der Waals surface area contributed by atoms with Gasteiger partial charge in [-0.2, -0.15) is 0 Å². The Balaban J connectivity index is 2.32. The van der Waals surface area contributed by atoms with Crippen LogP contribution in [0.1, 0.15) is 28.4 Å². The van der Waals surface area contributed by atoms with Gasteiger partial charge in [-0.3, -0.25) is 14.8 Å². The van der Waals surface area contributed by atoms with Crippen molar-refractivity contribution in [2.75, 3.05) is 19.4 Å². The van der Waals surface area contributed by atoms with Gasteiger partial charge in [0.15, 0.2) is 0 Å². The van der Waals surface area contributed by atoms with Gasteiger partial charge in [0, 0.05) is 11.6 Å². The first-order chi connectivity index (χ1) is 12.8. The molecule has 1 amide bonds. The van der Waals surface area contributed by atoms with Crippen LogP contribution in [0.25, 0.3) is 0 Å². The predicted molar refractivity (Wildman–Crippen MR) is 96.1 cm³/mol. The number of carbonyl (C=O) groups excluding carboxylic acids is 1. The van der Waals surface area contributed by atoms with Crippen LogP contribution in [-0.2, 0) is 4.79 Å². The number of carbonyl (C=O) groups is 2. The Kier molecular flexibility index (Phi) is 6.58. The molecule has 0 radical (unpaired) electrons. The van der Waals surface area contributed by atoms with Gasteiger partial charge in [0.25, 0.3) is 5.91 Å². The molecule has 0 aliphatic rings. The number of hydrogen-bond donors (Lipinski definition) is 3. The number of aliphatic carboxylic acids is 1. The number of anilines is 1. The molecule has 0 unspecified atom stereocenters. The van der Waals surface area contributed by atoms with Crippen molar-refractivity contribution in [1.29, 1.82) is 0 Å². The summed E-state index contributed by atoms with van der Waals surface area (Å²) in [5.41, 5.74) is 0.485. The van der Waals surface area contributed by atoms with Crippen LogP contribution in [0.4, 0.5) is 5.69 Å². The maximum absolute atomic E-state index is 12.6. The summed E-state index contributed by atoms with van der Waals surface area (Å²) in [5.74, 6) is -0.888. The second-order valence-electron chi connectivity index (χ2n) is 5.59. The van der Waals surface area contributed by atoms with Crippen molar-refractivity contribution in [1.82, 2.24) is 5.32 Å². The predicted octanol–water partition coefficient (Wildman–Crippen LogP) is 2.34. The van der Waals surface area contributed by atoms with Gasteiger partial charge in [0.05, 0.1) is 32.4 Å². The third kappa shape index (κ3) is 5.33. The molecule has 0 fully saturated rings. The number of rotatable bonds is 8. The van der Waals surface area contributed by atoms with E-state index in [9.17, 15) is 14.8 Å². The van der Waals surface area contributed by atoms with Crippen LogP contribution in [-0.4, -0.2) is 36.4 Å². The number of benzene rings is 2. The lowest BCUT2D eigenvalue weighted by Gasteiger charge is -2.24. The van der Waals surface area contributed by atoms with Crippen molar-refractivity contribution in [3.63, 3.8) is 0 Å². The average molecular weight is 375 g/mol. The minimum atomic E-state index is -1.14. The minimum Gasteiger partial charge on any atom is -0.733 e. The van der Waals surface area contributed by atoms with Crippen LogP contribution in [0.5, 0.6) is 11.5 Å². The summed E-state index contributed by atoms with van der Waals surface area (Å²) in [6.07, 6.45) is -0.416. The molecule has 2 aromatic rings. The van der Waals surface area contributed by atoms with Gasteiger partial charge in [0.2, 0.25) is 0 Å². The summed E-state index contributed by atoms with van der Waals surface area (Å²) >= 11 is 0. The summed E-state index contributed by atoms with van der Waals surface area (Å²) in [6, 6.07) is 9.31. The molecule has 1 atom stereocenters. The van der Waals surface area contributed by atoms with Crippen LogP contribution < -0.4 is 20.0 Å². The molecule has 3 N–H and O–H groups in total. The lowest BCUT2D eigenvalue weighted by atomic mass is 10.0. The van der Waals surface area contributed by atoms with E-state index in [-0.39, 0.29) is 16.5 Å². The second kappa shape index (κ2) is 8.88. The molecule has 2 rings (SSSR count). The molecule has 0 spiro atoms. The first-order valence-corrected chi connectivity index (χ1v) is 7.86. The van der Waals surface area contributed by atoms with Gasteiger partial charge in [-0.1, -0.05) is 12.1 Å². The SMILES string of the molecule is COc1cc(OC)cc(C(=O)N[C@H](CC(=O)O)c2cccc(N([O-])O)c2)c1. The zero-order valence-electron chi connectivity index (χ0n) is 14.7. The van der Waals surface area contributed by atoms with E-state index in [0.29, 0.717) is 17.1 Å². The average Bonchev–Trinajstić information content (AvgIpc) is 2.66. The zero-order chi connectivity index (χ0) is 20.0. The standard InChI is InChI=1S/C18H19N2O7/c1-26-14-7-12(8-15(9-14)27-2)18(23)19-16(10-17(21)22)11-4-3-5-13(6-11)20(24)25/h3-9,16,24H,10H2,1-2H3,(H,19,23)(H,21,22)/q-1/t16-/m1/s1. The molecule has 0 aliphatic heterocycles. The number of nitrogens with zero attached hydrogens (tertiary/aromatic N) is 1. The summed E-state index contributed by atoms with van der Waals surface area (Å²) in [5, 5.41) is 31.5. The van der Waals surface area contributed by atoms with Gasteiger partial charge < -0.3 is 30.3 Å². The van der Waals surface area contributed by atoms with E-state index in [1.807, 2.05) is 0 Å². The molecule has 144 valence electrons. The highest BCUT2D eigenvalue weighted by Gasteiger charge is 2.20. The van der Waals surface area contributed by atoms with Gasteiger partial charge in [-0.05, 0) is 29.8 Å². The zero-order valence-corrected chi connectivity index (χ0v) is 14.7. The largest absolute Gasteiger partial charge is 0.733 e. The molecule has 0 aliphatic carbocycles. The van der Waals surface area contributed by atoms with Crippen LogP contribution in [0.3, 0.4) is 0 Å². The highest BCUT2D eigenvalue weighted by molar-refractivity contribution is 5.95. The van der Waals surface area contributed by atoms with E-state index in [1.54, 1.807) is 12.1 Å². The highest BCUT2D eigenvalue weighted by atomic mass is 16.8. The smallest absolute Gasteiger partial charge is 0.305 e. The molecular formula is C18H19N2O7-. The van der Waals surface area contributed by atoms with Gasteiger partial charge in [-0.25, -0.2) is 0 Å². The van der Waals surface area contributed by atoms with Crippen molar-refractivity contribution in [3.05, 3.63) is 58.8 Å². The fourth-order valence-electron chi connectivity index (χ4n) is 2.47. The summed E-state index contributed by atoms with van der Waals surface area (Å²) in [7, 11) is 2.89. The van der Waals surface area contributed by atoms with E-state index in [1.165, 1.54) is 44.6 Å². The van der Waals surface area contributed by atoms with Crippen LogP contribution in [0, 0.1) is 5.21 Å². The molecular weight excluding hydrogens is 356 g/mol. The number of hydrogen-bond acceptors (Lipinski definition) is 7. The molecule has 2 aromatic carbocycles. The Morgan fingerprint density at radius 3 is 2.30 bits per heavy atom. The topological polar surface area (TPSA) is 131 Å². The lowest BCUT2D eigenvalue weighted by molar-refractivity contribution is -0.137. The van der Waals surface area contributed by atoms with E-state index in [2.05, 4.69) is 5.32 Å². The Hall–Kier alpha value is -3.30. The van der Waals surface area contributed by atoms with Crippen molar-refractivity contribution in [2.45, 2.75) is 12.5 Å². The third-order valence-corrected chi connectivity index (χ3v) is 3.79. The van der Waals surface area contributed by atoms with Crippen LogP contribution in [0.15, 0.2) is 42.5 Å². The summed E-state index contributed by atoms with van der Waals surface area (Å²) in [6.45, 7) is 0. The first-order valence-electron chi connectivity index (χ1n) is 7.86. The number of nitrogens with one attached hydrogen (secondary N) is 1. The number of amides is 1. The van der Waals surface area contributed by atoms with E-state index in [0.717, 1.165) is 0 Å². The molecule has 0 saturated carbocycles. The first kappa shape index (κ1) is 20.0. The quantitative estimate of drug-likeness (QED) is 0.599. The summed E-state index contributed by atoms with van der Waals surface area (Å²) < 4.78 is 10.2. The van der Waals surface area contributed by atoms with Crippen LogP contribution >= 0.6 is 0 Å². The lowest BCUT2D eigenvalue weighted by Crippen LogP contribution is -2.30. The van der Waals surface area contributed by atoms with Gasteiger partial charge >= 0.3 is 5.97 Å². The third-order valence-electron chi connectivity index (χ3n) is 3.79. The number of ether oxygens (including phenoxy) is 2. The van der Waals surface area contributed by atoms with Crippen molar-refractivity contribution < 1.29 is 29.4 Å². The highest BCUT2D eigenvalue weighted by Crippen LogP contribution is 2.25. The fraction of sp³-hybridized carbons (Fsp3) is 0.222. The van der Waals surface area contributed by atoms with Crippen molar-refractivity contribution in [2.24, 2.45) is 0 Å². The van der Waals surface area contributed by atoms with E-state index < -0.39 is 24.3 Å². The molecule has 27 heavy (non-hydrogen) atoms. The molecule has 0 aromatic heterocycles. The number of methoxy groups -OCH3 is 2.